The van der Waals surface area contributed by atoms with Crippen LogP contribution in [0.2, 0.25) is 10.0 Å². The highest BCUT2D eigenvalue weighted by Gasteiger charge is 2.57. The van der Waals surface area contributed by atoms with Crippen molar-refractivity contribution in [3.05, 3.63) is 93.5 Å². The molecule has 5 heteroatoms. The Bertz CT molecular complexity index is 984. The summed E-state index contributed by atoms with van der Waals surface area (Å²) >= 11 is 12.0. The van der Waals surface area contributed by atoms with Crippen molar-refractivity contribution in [2.24, 2.45) is 5.41 Å². The van der Waals surface area contributed by atoms with Gasteiger partial charge in [-0.05, 0) is 60.0 Å². The number of benzene rings is 2. The minimum Gasteiger partial charge on any atom is -0.338 e. The Morgan fingerprint density at radius 2 is 1.41 bits per heavy atom. The lowest BCUT2D eigenvalue weighted by Crippen LogP contribution is -2.46. The molecule has 1 aliphatic carbocycles. The molecule has 1 spiro atoms. The molecule has 0 unspecified atom stereocenters. The van der Waals surface area contributed by atoms with Gasteiger partial charge in [0.2, 0.25) is 5.91 Å². The normalized spacial score (nSPS) is 23.7. The van der Waals surface area contributed by atoms with Crippen LogP contribution in [0.15, 0.2) is 72.3 Å². The third-order valence-corrected chi connectivity index (χ3v) is 6.14. The number of ketones is 1. The molecule has 1 saturated heterocycles. The molecular formula is C24H19Cl2NO2. The van der Waals surface area contributed by atoms with E-state index >= 15 is 0 Å². The van der Waals surface area contributed by atoms with E-state index in [1.54, 1.807) is 29.2 Å². The number of Topliss-reactive ketones (excluding diaryl/α,β-unsaturated/α-hetero) is 1. The number of nitrogens with zero attached hydrogens (tertiary/aromatic N) is 1. The van der Waals surface area contributed by atoms with E-state index in [1.165, 1.54) is 6.08 Å². The van der Waals surface area contributed by atoms with E-state index in [0.717, 1.165) is 22.3 Å². The van der Waals surface area contributed by atoms with Crippen molar-refractivity contribution in [1.82, 2.24) is 4.90 Å². The topological polar surface area (TPSA) is 37.4 Å². The first-order valence-corrected chi connectivity index (χ1v) is 10.1. The number of hydrogen-bond donors (Lipinski definition) is 0. The molecule has 0 atom stereocenters. The first-order valence-electron chi connectivity index (χ1n) is 9.34. The molecule has 0 radical (unpaired) electrons. The van der Waals surface area contributed by atoms with E-state index < -0.39 is 5.41 Å². The molecule has 2 aromatic rings. The van der Waals surface area contributed by atoms with Gasteiger partial charge in [0.1, 0.15) is 0 Å². The van der Waals surface area contributed by atoms with Gasteiger partial charge >= 0.3 is 0 Å². The molecule has 146 valence electrons. The van der Waals surface area contributed by atoms with Crippen molar-refractivity contribution in [2.75, 3.05) is 13.1 Å². The molecule has 1 aliphatic heterocycles. The summed E-state index contributed by atoms with van der Waals surface area (Å²) in [6, 6.07) is 14.8. The number of halogens is 2. The number of rotatable bonds is 3. The number of carbonyl (C=O) groups excluding carboxylic acids is 2. The summed E-state index contributed by atoms with van der Waals surface area (Å²) in [7, 11) is 0. The number of likely N-dealkylation sites (tertiary alicyclic amines) is 1. The zero-order valence-electron chi connectivity index (χ0n) is 15.7. The molecule has 0 bridgehead atoms. The van der Waals surface area contributed by atoms with Crippen LogP contribution < -0.4 is 0 Å². The zero-order valence-corrected chi connectivity index (χ0v) is 17.2. The molecular weight excluding hydrogens is 405 g/mol. The monoisotopic (exact) mass is 423 g/mol. The van der Waals surface area contributed by atoms with Crippen molar-refractivity contribution < 1.29 is 9.59 Å². The third-order valence-electron chi connectivity index (χ3n) is 5.64. The fraction of sp³-hybridized carbons (Fsp3) is 0.167. The van der Waals surface area contributed by atoms with Crippen LogP contribution in [0.4, 0.5) is 0 Å². The Hall–Kier alpha value is -2.62. The number of carbonyl (C=O) groups is 2. The predicted molar refractivity (Wildman–Crippen MR) is 118 cm³/mol. The summed E-state index contributed by atoms with van der Waals surface area (Å²) < 4.78 is 0. The fourth-order valence-electron chi connectivity index (χ4n) is 4.09. The molecule has 4 rings (SSSR count). The van der Waals surface area contributed by atoms with Gasteiger partial charge in [-0.25, -0.2) is 0 Å². The van der Waals surface area contributed by atoms with Gasteiger partial charge in [0, 0.05) is 39.7 Å². The average molecular weight is 424 g/mol. The Kier molecular flexibility index (Phi) is 5.20. The maximum absolute atomic E-state index is 13.1. The van der Waals surface area contributed by atoms with E-state index in [9.17, 15) is 9.59 Å². The minimum absolute atomic E-state index is 0.0165. The number of amides is 1. The average Bonchev–Trinajstić information content (AvgIpc) is 3.19. The Balaban J connectivity index is 1.75. The van der Waals surface area contributed by atoms with Crippen molar-refractivity contribution in [3.8, 4) is 0 Å². The lowest BCUT2D eigenvalue weighted by atomic mass is 9.58. The summed E-state index contributed by atoms with van der Waals surface area (Å²) in [5.41, 5.74) is 2.83. The van der Waals surface area contributed by atoms with Gasteiger partial charge in [0.25, 0.3) is 0 Å². The fourth-order valence-corrected chi connectivity index (χ4v) is 4.34. The molecule has 0 aromatic heterocycles. The number of hydrogen-bond acceptors (Lipinski definition) is 2. The second kappa shape index (κ2) is 7.66. The van der Waals surface area contributed by atoms with Crippen molar-refractivity contribution in [2.45, 2.75) is 6.42 Å². The minimum atomic E-state index is -0.463. The summed E-state index contributed by atoms with van der Waals surface area (Å²) in [6.45, 7) is 4.66. The van der Waals surface area contributed by atoms with Crippen LogP contribution in [-0.2, 0) is 9.59 Å². The highest BCUT2D eigenvalue weighted by Crippen LogP contribution is 2.55. The van der Waals surface area contributed by atoms with Crippen molar-refractivity contribution >= 4 is 47.0 Å². The summed E-state index contributed by atoms with van der Waals surface area (Å²) in [5.74, 6) is -0.0966. The molecule has 1 amide bonds. The Morgan fingerprint density at radius 3 is 1.86 bits per heavy atom. The third kappa shape index (κ3) is 3.57. The molecule has 1 heterocycles. The molecule has 3 nitrogen and oxygen atoms in total. The van der Waals surface area contributed by atoms with E-state index in [2.05, 4.69) is 6.58 Å². The first kappa shape index (κ1) is 19.7. The molecule has 2 aromatic carbocycles. The van der Waals surface area contributed by atoms with Crippen LogP contribution in [0.1, 0.15) is 17.5 Å². The first-order chi connectivity index (χ1) is 13.9. The summed E-state index contributed by atoms with van der Waals surface area (Å²) in [6.07, 6.45) is 5.86. The van der Waals surface area contributed by atoms with Crippen LogP contribution in [0.5, 0.6) is 0 Å². The standard InChI is InChI=1S/C24H19Cl2NO2/c1-2-22(28)27-12-11-24(15-27)20(13-16-3-7-18(25)8-4-16)23(29)21(24)14-17-5-9-19(26)10-6-17/h2-10,13-14H,1,11-12,15H2/b20-13-,21-14-. The summed E-state index contributed by atoms with van der Waals surface area (Å²) in [5, 5.41) is 1.29. The van der Waals surface area contributed by atoms with Gasteiger partial charge in [-0.3, -0.25) is 9.59 Å². The zero-order chi connectivity index (χ0) is 20.6. The maximum atomic E-state index is 13.1. The van der Waals surface area contributed by atoms with Crippen LogP contribution in [0, 0.1) is 5.41 Å². The van der Waals surface area contributed by atoms with Gasteiger partial charge in [0.05, 0.1) is 0 Å². The highest BCUT2D eigenvalue weighted by atomic mass is 35.5. The van der Waals surface area contributed by atoms with E-state index in [4.69, 9.17) is 23.2 Å². The molecule has 2 aliphatic rings. The molecule has 2 fully saturated rings. The van der Waals surface area contributed by atoms with Gasteiger partial charge in [-0.1, -0.05) is 54.0 Å². The van der Waals surface area contributed by atoms with Crippen molar-refractivity contribution in [1.29, 1.82) is 0 Å². The van der Waals surface area contributed by atoms with Gasteiger partial charge in [-0.2, -0.15) is 0 Å². The second-order valence-corrected chi connectivity index (χ2v) is 8.22. The molecule has 1 saturated carbocycles. The largest absolute Gasteiger partial charge is 0.338 e. The Morgan fingerprint density at radius 1 is 0.931 bits per heavy atom. The van der Waals surface area contributed by atoms with Crippen LogP contribution in [-0.4, -0.2) is 29.7 Å². The SMILES string of the molecule is C=CC(=O)N1CCC2(C1)/C(=C\c1ccc(Cl)cc1)C(=O)/C2=C/c1ccc(Cl)cc1. The van der Waals surface area contributed by atoms with Gasteiger partial charge in [-0.15, -0.1) is 0 Å². The predicted octanol–water partition coefficient (Wildman–Crippen LogP) is 5.45. The van der Waals surface area contributed by atoms with Gasteiger partial charge < -0.3 is 4.90 Å². The smallest absolute Gasteiger partial charge is 0.245 e. The quantitative estimate of drug-likeness (QED) is 0.615. The van der Waals surface area contributed by atoms with E-state index in [0.29, 0.717) is 29.6 Å². The highest BCUT2D eigenvalue weighted by molar-refractivity contribution is 6.31. The van der Waals surface area contributed by atoms with E-state index in [1.807, 2.05) is 36.4 Å². The maximum Gasteiger partial charge on any atom is 0.245 e. The Labute approximate surface area is 179 Å². The van der Waals surface area contributed by atoms with Crippen molar-refractivity contribution in [3.63, 3.8) is 0 Å². The van der Waals surface area contributed by atoms with Crippen LogP contribution in [0.25, 0.3) is 12.2 Å². The van der Waals surface area contributed by atoms with E-state index in [-0.39, 0.29) is 11.7 Å². The second-order valence-electron chi connectivity index (χ2n) is 7.34. The summed E-state index contributed by atoms with van der Waals surface area (Å²) in [4.78, 5) is 27.0. The lowest BCUT2D eigenvalue weighted by Gasteiger charge is -2.43. The van der Waals surface area contributed by atoms with Gasteiger partial charge in [0.15, 0.2) is 5.78 Å². The molecule has 29 heavy (non-hydrogen) atoms. The molecule has 0 N–H and O–H groups in total. The van der Waals surface area contributed by atoms with Crippen LogP contribution in [0.3, 0.4) is 0 Å². The lowest BCUT2D eigenvalue weighted by molar-refractivity contribution is -0.126. The van der Waals surface area contributed by atoms with Crippen LogP contribution >= 0.6 is 23.2 Å².